The lowest BCUT2D eigenvalue weighted by molar-refractivity contribution is -0.0117. The summed E-state index contributed by atoms with van der Waals surface area (Å²) in [5.41, 5.74) is 6.06. The van der Waals surface area contributed by atoms with Gasteiger partial charge in [-0.2, -0.15) is 0 Å². The van der Waals surface area contributed by atoms with E-state index in [1.165, 1.54) is 45.4 Å². The minimum absolute atomic E-state index is 0.247. The van der Waals surface area contributed by atoms with E-state index in [9.17, 15) is 0 Å². The van der Waals surface area contributed by atoms with Gasteiger partial charge in [0.05, 0.1) is 13.2 Å². The maximum Gasteiger partial charge on any atom is 0.0623 e. The SMILES string of the molecule is NC1COCC(N2CCC3CN(SC4CC4)CC3C2)C1. The van der Waals surface area contributed by atoms with Crippen LogP contribution in [0.5, 0.6) is 0 Å². The molecule has 2 N–H and O–H groups in total. The number of nitrogens with zero attached hydrogens (tertiary/aromatic N) is 2. The zero-order valence-electron chi connectivity index (χ0n) is 12.2. The van der Waals surface area contributed by atoms with E-state index in [2.05, 4.69) is 21.2 Å². The van der Waals surface area contributed by atoms with Gasteiger partial charge in [-0.25, -0.2) is 4.31 Å². The van der Waals surface area contributed by atoms with Gasteiger partial charge in [-0.15, -0.1) is 0 Å². The molecule has 0 aromatic carbocycles. The monoisotopic (exact) mass is 297 g/mol. The van der Waals surface area contributed by atoms with Gasteiger partial charge in [0.2, 0.25) is 0 Å². The molecule has 4 nitrogen and oxygen atoms in total. The standard InChI is InChI=1S/C15H27N3OS/c16-13-5-14(10-19-9-13)17-4-3-11-7-18(8-12(11)6-17)20-15-1-2-15/h11-15H,1-10,16H2. The van der Waals surface area contributed by atoms with Gasteiger partial charge in [-0.3, -0.25) is 4.90 Å². The zero-order chi connectivity index (χ0) is 13.5. The number of rotatable bonds is 3. The van der Waals surface area contributed by atoms with Gasteiger partial charge in [-0.1, -0.05) is 11.9 Å². The molecule has 20 heavy (non-hydrogen) atoms. The molecule has 0 aromatic heterocycles. The summed E-state index contributed by atoms with van der Waals surface area (Å²) < 4.78 is 8.33. The molecular formula is C15H27N3OS. The Labute approximate surface area is 126 Å². The first-order valence-corrected chi connectivity index (χ1v) is 9.10. The number of piperidine rings is 1. The molecule has 0 aromatic rings. The molecule has 4 rings (SSSR count). The summed E-state index contributed by atoms with van der Waals surface area (Å²) in [5.74, 6) is 1.82. The molecule has 3 saturated heterocycles. The Hall–Kier alpha value is 0.190. The maximum absolute atomic E-state index is 6.06. The molecular weight excluding hydrogens is 270 g/mol. The lowest BCUT2D eigenvalue weighted by Gasteiger charge is -2.42. The lowest BCUT2D eigenvalue weighted by Crippen LogP contribution is -2.52. The molecule has 0 bridgehead atoms. The third-order valence-corrected chi connectivity index (χ3v) is 6.72. The van der Waals surface area contributed by atoms with Crippen molar-refractivity contribution in [1.29, 1.82) is 0 Å². The molecule has 4 atom stereocenters. The molecule has 114 valence electrons. The number of hydrogen-bond donors (Lipinski definition) is 1. The van der Waals surface area contributed by atoms with Gasteiger partial charge < -0.3 is 10.5 Å². The van der Waals surface area contributed by atoms with Crippen LogP contribution in [-0.4, -0.2) is 65.9 Å². The fourth-order valence-corrected chi connectivity index (χ4v) is 5.37. The Morgan fingerprint density at radius 1 is 1.00 bits per heavy atom. The predicted octanol–water partition coefficient (Wildman–Crippen LogP) is 1.17. The summed E-state index contributed by atoms with van der Waals surface area (Å²) in [4.78, 5) is 2.67. The molecule has 4 fully saturated rings. The Morgan fingerprint density at radius 3 is 2.65 bits per heavy atom. The van der Waals surface area contributed by atoms with Gasteiger partial charge in [0.1, 0.15) is 0 Å². The van der Waals surface area contributed by atoms with Gasteiger partial charge in [-0.05, 0) is 44.1 Å². The summed E-state index contributed by atoms with van der Waals surface area (Å²) >= 11 is 2.15. The van der Waals surface area contributed by atoms with E-state index in [4.69, 9.17) is 10.5 Å². The normalized spacial score (nSPS) is 43.6. The summed E-state index contributed by atoms with van der Waals surface area (Å²) in [5, 5.41) is 0.955. The van der Waals surface area contributed by atoms with Crippen molar-refractivity contribution in [2.45, 2.75) is 43.0 Å². The Bertz CT molecular complexity index is 352. The first kappa shape index (κ1) is 13.8. The van der Waals surface area contributed by atoms with Gasteiger partial charge >= 0.3 is 0 Å². The minimum Gasteiger partial charge on any atom is -0.378 e. The average molecular weight is 297 g/mol. The van der Waals surface area contributed by atoms with E-state index in [-0.39, 0.29) is 6.04 Å². The molecule has 0 amide bonds. The third-order valence-electron chi connectivity index (χ3n) is 5.35. The second-order valence-electron chi connectivity index (χ2n) is 7.14. The van der Waals surface area contributed by atoms with Gasteiger partial charge in [0, 0.05) is 37.0 Å². The van der Waals surface area contributed by atoms with E-state index in [1.807, 2.05) is 0 Å². The topological polar surface area (TPSA) is 41.7 Å². The van der Waals surface area contributed by atoms with Crippen molar-refractivity contribution < 1.29 is 4.74 Å². The van der Waals surface area contributed by atoms with Crippen molar-refractivity contribution in [3.05, 3.63) is 0 Å². The molecule has 4 aliphatic rings. The van der Waals surface area contributed by atoms with Crippen molar-refractivity contribution in [1.82, 2.24) is 9.21 Å². The number of ether oxygens (including phenoxy) is 1. The summed E-state index contributed by atoms with van der Waals surface area (Å²) in [6, 6.07) is 0.821. The van der Waals surface area contributed by atoms with Crippen LogP contribution in [-0.2, 0) is 4.74 Å². The molecule has 0 radical (unpaired) electrons. The van der Waals surface area contributed by atoms with Crippen molar-refractivity contribution in [3.8, 4) is 0 Å². The highest BCUT2D eigenvalue weighted by Crippen LogP contribution is 2.42. The van der Waals surface area contributed by atoms with E-state index < -0.39 is 0 Å². The molecule has 1 aliphatic carbocycles. The molecule has 4 unspecified atom stereocenters. The lowest BCUT2D eigenvalue weighted by atomic mass is 9.87. The number of nitrogens with two attached hydrogens (primary N) is 1. The van der Waals surface area contributed by atoms with Crippen LogP contribution in [0.4, 0.5) is 0 Å². The molecule has 0 spiro atoms. The Balaban J connectivity index is 1.32. The molecule has 1 saturated carbocycles. The van der Waals surface area contributed by atoms with Crippen LogP contribution >= 0.6 is 11.9 Å². The summed E-state index contributed by atoms with van der Waals surface area (Å²) in [6.45, 7) is 6.81. The average Bonchev–Trinajstić information content (AvgIpc) is 3.16. The van der Waals surface area contributed by atoms with E-state index in [0.717, 1.165) is 36.7 Å². The summed E-state index contributed by atoms with van der Waals surface area (Å²) in [7, 11) is 0. The van der Waals surface area contributed by atoms with Crippen LogP contribution in [0.15, 0.2) is 0 Å². The predicted molar refractivity (Wildman–Crippen MR) is 82.6 cm³/mol. The third kappa shape index (κ3) is 3.02. The first-order valence-electron chi connectivity index (χ1n) is 8.27. The van der Waals surface area contributed by atoms with Gasteiger partial charge in [0.15, 0.2) is 0 Å². The maximum atomic E-state index is 6.06. The fourth-order valence-electron chi connectivity index (χ4n) is 4.05. The second-order valence-corrected chi connectivity index (χ2v) is 8.54. The Morgan fingerprint density at radius 2 is 1.85 bits per heavy atom. The van der Waals surface area contributed by atoms with Gasteiger partial charge in [0.25, 0.3) is 0 Å². The number of likely N-dealkylation sites (tertiary alicyclic amines) is 1. The van der Waals surface area contributed by atoms with E-state index in [0.29, 0.717) is 6.04 Å². The second kappa shape index (κ2) is 5.76. The molecule has 3 heterocycles. The highest BCUT2D eigenvalue weighted by atomic mass is 32.2. The van der Waals surface area contributed by atoms with Crippen LogP contribution in [0.3, 0.4) is 0 Å². The fraction of sp³-hybridized carbons (Fsp3) is 1.00. The number of fused-ring (bicyclic) bond motifs is 1. The first-order chi connectivity index (χ1) is 9.78. The quantitative estimate of drug-likeness (QED) is 0.792. The summed E-state index contributed by atoms with van der Waals surface area (Å²) in [6.07, 6.45) is 5.38. The highest BCUT2D eigenvalue weighted by molar-refractivity contribution is 7.97. The van der Waals surface area contributed by atoms with Crippen molar-refractivity contribution in [2.75, 3.05) is 39.4 Å². The van der Waals surface area contributed by atoms with Crippen LogP contribution in [0, 0.1) is 11.8 Å². The van der Waals surface area contributed by atoms with Crippen LogP contribution in [0.2, 0.25) is 0 Å². The zero-order valence-corrected chi connectivity index (χ0v) is 13.1. The largest absolute Gasteiger partial charge is 0.378 e. The Kier molecular flexibility index (Phi) is 3.98. The van der Waals surface area contributed by atoms with E-state index >= 15 is 0 Å². The molecule has 5 heteroatoms. The van der Waals surface area contributed by atoms with Crippen molar-refractivity contribution >= 4 is 11.9 Å². The van der Waals surface area contributed by atoms with E-state index in [1.54, 1.807) is 0 Å². The highest BCUT2D eigenvalue weighted by Gasteiger charge is 2.41. The van der Waals surface area contributed by atoms with Crippen LogP contribution < -0.4 is 5.73 Å². The smallest absolute Gasteiger partial charge is 0.0623 e. The van der Waals surface area contributed by atoms with Crippen LogP contribution in [0.25, 0.3) is 0 Å². The van der Waals surface area contributed by atoms with Crippen molar-refractivity contribution in [3.63, 3.8) is 0 Å². The minimum atomic E-state index is 0.247. The molecule has 3 aliphatic heterocycles. The van der Waals surface area contributed by atoms with Crippen LogP contribution in [0.1, 0.15) is 25.7 Å². The number of hydrogen-bond acceptors (Lipinski definition) is 5. The van der Waals surface area contributed by atoms with Crippen molar-refractivity contribution in [2.24, 2.45) is 17.6 Å².